The number of thioether (sulfide) groups is 1. The fraction of sp³-hybridized carbons (Fsp3) is 0.727. The lowest BCUT2D eigenvalue weighted by Gasteiger charge is -2.20. The van der Waals surface area contributed by atoms with E-state index in [0.29, 0.717) is 0 Å². The maximum atomic E-state index is 12.0. The van der Waals surface area contributed by atoms with Gasteiger partial charge < -0.3 is 10.6 Å². The number of carbonyl (C=O) groups is 3. The summed E-state index contributed by atoms with van der Waals surface area (Å²) in [4.78, 5) is 49.2. The average Bonchev–Trinajstić information content (AvgIpc) is 2.39. The third-order valence-corrected chi connectivity index (χ3v) is 3.72. The molecule has 0 saturated heterocycles. The molecule has 0 bridgehead atoms. The lowest BCUT2D eigenvalue weighted by molar-refractivity contribution is -0.976. The fourth-order valence-electron chi connectivity index (χ4n) is 1.23. The summed E-state index contributed by atoms with van der Waals surface area (Å²) in [6.07, 6.45) is 0. The van der Waals surface area contributed by atoms with Gasteiger partial charge in [0.15, 0.2) is 11.7 Å². The molecular formula is C11H20N3O6S+. The Balaban J connectivity index is 4.56. The molecule has 3 N–H and O–H groups in total. The van der Waals surface area contributed by atoms with E-state index in [1.54, 1.807) is 0 Å². The highest BCUT2D eigenvalue weighted by molar-refractivity contribution is 8.13. The molecule has 0 spiro atoms. The molecule has 0 radical (unpaired) electrons. The Bertz CT molecular complexity index is 426. The summed E-state index contributed by atoms with van der Waals surface area (Å²) in [5.74, 6) is -0.760. The maximum absolute atomic E-state index is 12.0. The molecule has 0 aliphatic carbocycles. The Morgan fingerprint density at radius 2 is 1.95 bits per heavy atom. The number of hydrogen-bond acceptors (Lipinski definition) is 6. The molecule has 21 heavy (non-hydrogen) atoms. The summed E-state index contributed by atoms with van der Waals surface area (Å²) in [7, 11) is 1.42. The van der Waals surface area contributed by atoms with Gasteiger partial charge in [0.1, 0.15) is 10.9 Å². The molecule has 0 heterocycles. The van der Waals surface area contributed by atoms with Gasteiger partial charge in [-0.3, -0.25) is 14.4 Å². The van der Waals surface area contributed by atoms with Crippen molar-refractivity contribution in [3.63, 3.8) is 0 Å². The maximum Gasteiger partial charge on any atom is 0.475 e. The molecule has 0 aromatic carbocycles. The van der Waals surface area contributed by atoms with Crippen molar-refractivity contribution < 1.29 is 29.5 Å². The molecule has 0 rings (SSSR count). The van der Waals surface area contributed by atoms with Crippen LogP contribution < -0.4 is 10.6 Å². The van der Waals surface area contributed by atoms with Gasteiger partial charge in [0.2, 0.25) is 11.8 Å². The van der Waals surface area contributed by atoms with E-state index in [1.165, 1.54) is 27.8 Å². The predicted molar refractivity (Wildman–Crippen MR) is 74.3 cm³/mol. The first-order valence-corrected chi connectivity index (χ1v) is 7.03. The normalized spacial score (nSPS) is 12.2. The summed E-state index contributed by atoms with van der Waals surface area (Å²) in [6, 6.07) is -0.841. The third kappa shape index (κ3) is 7.49. The first-order chi connectivity index (χ1) is 9.60. The fourth-order valence-corrected chi connectivity index (χ4v) is 2.23. The molecule has 0 aliphatic rings. The minimum Gasteiger partial charge on any atom is -0.357 e. The van der Waals surface area contributed by atoms with Crippen molar-refractivity contribution in [2.24, 2.45) is 5.41 Å². The highest BCUT2D eigenvalue weighted by atomic mass is 32.2. The van der Waals surface area contributed by atoms with Crippen LogP contribution >= 0.6 is 11.8 Å². The topological polar surface area (TPSA) is 125 Å². The van der Waals surface area contributed by atoms with Crippen LogP contribution in [0.5, 0.6) is 0 Å². The van der Waals surface area contributed by atoms with Crippen LogP contribution in [0.2, 0.25) is 0 Å². The first kappa shape index (κ1) is 19.2. The average molecular weight is 322 g/mol. The van der Waals surface area contributed by atoms with Gasteiger partial charge in [-0.1, -0.05) is 11.8 Å². The molecule has 1 atom stereocenters. The second-order valence-electron chi connectivity index (χ2n) is 4.86. The summed E-state index contributed by atoms with van der Waals surface area (Å²) >= 11 is 0.832. The standard InChI is InChI=1S/C11H19N3O6S/c1-7(15)13-8(9(16)12-4)5-21-10(17)11(2,3)6-20-14(18)19/h8H,5-6H2,1-4H3,(H2-,12,13,15,16,18,19)/p+1/t8-/m0/s1. The molecule has 0 unspecified atom stereocenters. The Kier molecular flexibility index (Phi) is 7.71. The van der Waals surface area contributed by atoms with Gasteiger partial charge >= 0.3 is 5.09 Å². The van der Waals surface area contributed by atoms with Crippen molar-refractivity contribution in [2.75, 3.05) is 19.4 Å². The monoisotopic (exact) mass is 322 g/mol. The van der Waals surface area contributed by atoms with Crippen LogP contribution in [-0.2, 0) is 19.2 Å². The molecule has 9 nitrogen and oxygen atoms in total. The molecular weight excluding hydrogens is 302 g/mol. The van der Waals surface area contributed by atoms with Crippen molar-refractivity contribution in [2.45, 2.75) is 26.8 Å². The SMILES string of the molecule is CNC(=O)[C@H](CSC(=O)C(C)(C)CO[N+](=O)O)NC(C)=O. The highest BCUT2D eigenvalue weighted by Gasteiger charge is 2.33. The first-order valence-electron chi connectivity index (χ1n) is 6.05. The summed E-state index contributed by atoms with van der Waals surface area (Å²) in [5.41, 5.74) is -1.04. The van der Waals surface area contributed by atoms with Gasteiger partial charge in [0.25, 0.3) is 0 Å². The zero-order valence-electron chi connectivity index (χ0n) is 12.3. The van der Waals surface area contributed by atoms with Crippen LogP contribution in [0.25, 0.3) is 0 Å². The van der Waals surface area contributed by atoms with E-state index in [2.05, 4.69) is 15.5 Å². The van der Waals surface area contributed by atoms with E-state index in [1.807, 2.05) is 0 Å². The second kappa shape index (κ2) is 8.45. The highest BCUT2D eigenvalue weighted by Crippen LogP contribution is 2.24. The van der Waals surface area contributed by atoms with Crippen molar-refractivity contribution in [1.82, 2.24) is 10.6 Å². The second-order valence-corrected chi connectivity index (χ2v) is 5.85. The number of nitrogens with one attached hydrogen (secondary N) is 2. The smallest absolute Gasteiger partial charge is 0.357 e. The molecule has 0 aliphatic heterocycles. The van der Waals surface area contributed by atoms with E-state index >= 15 is 0 Å². The number of hydrogen-bond donors (Lipinski definition) is 3. The van der Waals surface area contributed by atoms with Gasteiger partial charge in [0, 0.05) is 19.7 Å². The van der Waals surface area contributed by atoms with Crippen LogP contribution in [0.15, 0.2) is 0 Å². The Labute approximate surface area is 126 Å². The van der Waals surface area contributed by atoms with Crippen molar-refractivity contribution in [1.29, 1.82) is 0 Å². The van der Waals surface area contributed by atoms with Crippen molar-refractivity contribution in [3.8, 4) is 0 Å². The minimum atomic E-state index is -1.04. The lowest BCUT2D eigenvalue weighted by Crippen LogP contribution is -2.47. The summed E-state index contributed by atoms with van der Waals surface area (Å²) in [6.45, 7) is 4.01. The van der Waals surface area contributed by atoms with Crippen LogP contribution in [0.4, 0.5) is 0 Å². The van der Waals surface area contributed by atoms with Crippen LogP contribution in [-0.4, -0.2) is 52.7 Å². The molecule has 2 amide bonds. The van der Waals surface area contributed by atoms with Gasteiger partial charge in [0.05, 0.1) is 5.41 Å². The number of likely N-dealkylation sites (N-methyl/N-ethyl adjacent to an activating group) is 1. The Morgan fingerprint density at radius 1 is 1.38 bits per heavy atom. The molecule has 120 valence electrons. The van der Waals surface area contributed by atoms with E-state index in [9.17, 15) is 19.3 Å². The number of carbonyl (C=O) groups excluding carboxylic acids is 3. The Hall–Kier alpha value is -1.84. The van der Waals surface area contributed by atoms with Crippen LogP contribution in [0.1, 0.15) is 20.8 Å². The third-order valence-electron chi connectivity index (χ3n) is 2.41. The van der Waals surface area contributed by atoms with Gasteiger partial charge in [-0.25, -0.2) is 5.21 Å². The van der Waals surface area contributed by atoms with Crippen molar-refractivity contribution in [3.05, 3.63) is 4.91 Å². The van der Waals surface area contributed by atoms with E-state index in [-0.39, 0.29) is 23.4 Å². The zero-order chi connectivity index (χ0) is 16.6. The van der Waals surface area contributed by atoms with E-state index in [0.717, 1.165) is 11.8 Å². The summed E-state index contributed by atoms with van der Waals surface area (Å²) < 4.78 is 0. The largest absolute Gasteiger partial charge is 0.475 e. The summed E-state index contributed by atoms with van der Waals surface area (Å²) in [5, 5.41) is 12.1. The zero-order valence-corrected chi connectivity index (χ0v) is 13.2. The van der Waals surface area contributed by atoms with Crippen LogP contribution in [0.3, 0.4) is 0 Å². The molecule has 0 saturated carbocycles. The molecule has 10 heteroatoms. The van der Waals surface area contributed by atoms with Gasteiger partial charge in [-0.05, 0) is 13.8 Å². The quantitative estimate of drug-likeness (QED) is 0.520. The number of nitrogens with zero attached hydrogens (tertiary/aromatic N) is 1. The van der Waals surface area contributed by atoms with Crippen LogP contribution in [0, 0.1) is 10.3 Å². The number of amides is 2. The molecule has 0 aromatic heterocycles. The van der Waals surface area contributed by atoms with Gasteiger partial charge in [-0.15, -0.1) is 0 Å². The predicted octanol–water partition coefficient (Wildman–Crippen LogP) is -0.377. The number of rotatable bonds is 8. The van der Waals surface area contributed by atoms with Crippen molar-refractivity contribution >= 4 is 28.7 Å². The van der Waals surface area contributed by atoms with E-state index < -0.39 is 22.5 Å². The van der Waals surface area contributed by atoms with E-state index in [4.69, 9.17) is 5.21 Å². The minimum absolute atomic E-state index is 0.0434. The lowest BCUT2D eigenvalue weighted by atomic mass is 9.97. The molecule has 0 aromatic rings. The van der Waals surface area contributed by atoms with Gasteiger partial charge in [-0.2, -0.15) is 4.84 Å². The Morgan fingerprint density at radius 3 is 2.38 bits per heavy atom. The molecule has 0 fully saturated rings.